The van der Waals surface area contributed by atoms with Gasteiger partial charge in [0.2, 0.25) is 0 Å². The Morgan fingerprint density at radius 3 is 2.76 bits per heavy atom. The van der Waals surface area contributed by atoms with Gasteiger partial charge in [0.15, 0.2) is 5.79 Å². The van der Waals surface area contributed by atoms with Gasteiger partial charge in [-0.15, -0.1) is 0 Å². The van der Waals surface area contributed by atoms with E-state index in [9.17, 15) is 0 Å². The van der Waals surface area contributed by atoms with Gasteiger partial charge >= 0.3 is 0 Å². The predicted octanol–water partition coefficient (Wildman–Crippen LogP) is 3.00. The average Bonchev–Trinajstić information content (AvgIpc) is 2.81. The summed E-state index contributed by atoms with van der Waals surface area (Å²) in [5.74, 6) is -0.331. The van der Waals surface area contributed by atoms with Crippen molar-refractivity contribution in [3.8, 4) is 0 Å². The van der Waals surface area contributed by atoms with E-state index in [2.05, 4.69) is 23.9 Å². The normalized spacial score (nSPS) is 24.3. The van der Waals surface area contributed by atoms with E-state index >= 15 is 0 Å². The monoisotopic (exact) mass is 233 g/mol. The highest BCUT2D eigenvalue weighted by Crippen LogP contribution is 2.37. The van der Waals surface area contributed by atoms with Gasteiger partial charge in [0.25, 0.3) is 0 Å². The summed E-state index contributed by atoms with van der Waals surface area (Å²) in [6.45, 7) is 6.93. The second kappa shape index (κ2) is 5.43. The maximum absolute atomic E-state index is 5.69. The van der Waals surface area contributed by atoms with Gasteiger partial charge in [-0.2, -0.15) is 0 Å². The molecule has 0 radical (unpaired) electrons. The number of ether oxygens (including phenoxy) is 2. The molecule has 1 aliphatic heterocycles. The first-order chi connectivity index (χ1) is 8.29. The molecule has 0 bridgehead atoms. The number of rotatable bonds is 3. The molecular formula is C14H19NO2. The lowest BCUT2D eigenvalue weighted by Gasteiger charge is -2.30. The van der Waals surface area contributed by atoms with Crippen LogP contribution in [0.2, 0.25) is 0 Å². The van der Waals surface area contributed by atoms with E-state index in [4.69, 9.17) is 9.47 Å². The van der Waals surface area contributed by atoms with Gasteiger partial charge in [0.1, 0.15) is 0 Å². The van der Waals surface area contributed by atoms with Crippen molar-refractivity contribution in [3.63, 3.8) is 0 Å². The molecule has 0 amide bonds. The molecular weight excluding hydrogens is 214 g/mol. The van der Waals surface area contributed by atoms with Crippen molar-refractivity contribution < 1.29 is 9.47 Å². The van der Waals surface area contributed by atoms with Gasteiger partial charge in [0, 0.05) is 19.0 Å². The number of hydrogen-bond donors (Lipinski definition) is 0. The maximum atomic E-state index is 5.69. The smallest absolute Gasteiger partial charge is 0.172 e. The van der Waals surface area contributed by atoms with Crippen LogP contribution in [0.3, 0.4) is 0 Å². The summed E-state index contributed by atoms with van der Waals surface area (Å²) >= 11 is 0. The highest BCUT2D eigenvalue weighted by atomic mass is 16.7. The first-order valence-electron chi connectivity index (χ1n) is 6.06. The van der Waals surface area contributed by atoms with Gasteiger partial charge in [-0.1, -0.05) is 12.2 Å². The minimum absolute atomic E-state index is 0.331. The molecule has 2 aliphatic rings. The fourth-order valence-corrected chi connectivity index (χ4v) is 2.35. The highest BCUT2D eigenvalue weighted by molar-refractivity contribution is 5.41. The third kappa shape index (κ3) is 2.73. The van der Waals surface area contributed by atoms with Gasteiger partial charge in [0.05, 0.1) is 13.2 Å². The Morgan fingerprint density at radius 2 is 2.24 bits per heavy atom. The topological polar surface area (TPSA) is 30.8 Å². The molecule has 92 valence electrons. The van der Waals surface area contributed by atoms with Crippen LogP contribution >= 0.6 is 0 Å². The Hall–Kier alpha value is -1.19. The van der Waals surface area contributed by atoms with E-state index in [1.54, 1.807) is 6.20 Å². The molecule has 1 heterocycles. The quantitative estimate of drug-likeness (QED) is 0.554. The van der Waals surface area contributed by atoms with Gasteiger partial charge in [-0.25, -0.2) is 0 Å². The van der Waals surface area contributed by atoms with Crippen molar-refractivity contribution in [1.82, 2.24) is 0 Å². The Bertz CT molecular complexity index is 374. The van der Waals surface area contributed by atoms with Crippen LogP contribution in [0.15, 0.2) is 40.6 Å². The molecule has 0 atom stereocenters. The van der Waals surface area contributed by atoms with Crippen LogP contribution in [0.1, 0.15) is 26.2 Å². The molecule has 0 N–H and O–H groups in total. The molecule has 0 saturated carbocycles. The molecule has 0 aromatic rings. The van der Waals surface area contributed by atoms with Crippen LogP contribution in [0.4, 0.5) is 0 Å². The summed E-state index contributed by atoms with van der Waals surface area (Å²) in [4.78, 5) is 3.74. The molecule has 3 heteroatoms. The van der Waals surface area contributed by atoms with Crippen molar-refractivity contribution in [2.45, 2.75) is 32.0 Å². The minimum atomic E-state index is -0.331. The molecule has 1 spiro atoms. The fraction of sp³-hybridized carbons (Fsp3) is 0.500. The standard InChI is InChI=1S/C14H19NO2/c1-3-12(6-9-15-2)13-4-7-14(8-5-13)16-10-11-17-14/h3-4,6,9H,2,5,7-8,10-11H2,1H3/b9-6-,12-3+. The van der Waals surface area contributed by atoms with Crippen LogP contribution < -0.4 is 0 Å². The zero-order valence-electron chi connectivity index (χ0n) is 10.3. The summed E-state index contributed by atoms with van der Waals surface area (Å²) < 4.78 is 11.4. The summed E-state index contributed by atoms with van der Waals surface area (Å²) in [7, 11) is 0. The number of allylic oxidation sites excluding steroid dienone is 4. The molecule has 0 unspecified atom stereocenters. The van der Waals surface area contributed by atoms with E-state index in [1.165, 1.54) is 11.1 Å². The molecule has 1 aliphatic carbocycles. The Morgan fingerprint density at radius 1 is 1.47 bits per heavy atom. The largest absolute Gasteiger partial charge is 0.347 e. The Kier molecular flexibility index (Phi) is 3.92. The third-order valence-electron chi connectivity index (χ3n) is 3.29. The Labute approximate surface area is 103 Å². The maximum Gasteiger partial charge on any atom is 0.172 e. The summed E-state index contributed by atoms with van der Waals surface area (Å²) in [5.41, 5.74) is 2.56. The van der Waals surface area contributed by atoms with Crippen molar-refractivity contribution in [1.29, 1.82) is 0 Å². The van der Waals surface area contributed by atoms with Crippen molar-refractivity contribution in [2.75, 3.05) is 13.2 Å². The summed E-state index contributed by atoms with van der Waals surface area (Å²) in [5, 5.41) is 0. The molecule has 0 aromatic heterocycles. The predicted molar refractivity (Wildman–Crippen MR) is 69.0 cm³/mol. The highest BCUT2D eigenvalue weighted by Gasteiger charge is 2.37. The second-order valence-corrected chi connectivity index (χ2v) is 4.28. The lowest BCUT2D eigenvalue weighted by atomic mass is 9.89. The SMILES string of the molecule is C=N/C=C\C(=C/C)C1=CCC2(CC1)OCCO2. The first kappa shape index (κ1) is 12.3. The number of nitrogens with zero attached hydrogens (tertiary/aromatic N) is 1. The van der Waals surface area contributed by atoms with Gasteiger partial charge in [-0.05, 0) is 37.3 Å². The molecule has 17 heavy (non-hydrogen) atoms. The summed E-state index contributed by atoms with van der Waals surface area (Å²) in [6.07, 6.45) is 10.8. The molecule has 3 nitrogen and oxygen atoms in total. The average molecular weight is 233 g/mol. The molecule has 1 saturated heterocycles. The Balaban J connectivity index is 2.06. The van der Waals surface area contributed by atoms with E-state index in [0.29, 0.717) is 0 Å². The van der Waals surface area contributed by atoms with Crippen molar-refractivity contribution in [2.24, 2.45) is 4.99 Å². The van der Waals surface area contributed by atoms with E-state index < -0.39 is 0 Å². The lowest BCUT2D eigenvalue weighted by Crippen LogP contribution is -2.31. The summed E-state index contributed by atoms with van der Waals surface area (Å²) in [6, 6.07) is 0. The zero-order chi connectivity index (χ0) is 12.1. The fourth-order valence-electron chi connectivity index (χ4n) is 2.35. The van der Waals surface area contributed by atoms with Crippen molar-refractivity contribution in [3.05, 3.63) is 35.6 Å². The minimum Gasteiger partial charge on any atom is -0.347 e. The second-order valence-electron chi connectivity index (χ2n) is 4.28. The third-order valence-corrected chi connectivity index (χ3v) is 3.29. The van der Waals surface area contributed by atoms with Gasteiger partial charge in [-0.3, -0.25) is 4.99 Å². The molecule has 0 aromatic carbocycles. The van der Waals surface area contributed by atoms with Gasteiger partial charge < -0.3 is 9.47 Å². The van der Waals surface area contributed by atoms with Crippen molar-refractivity contribution >= 4 is 6.72 Å². The van der Waals surface area contributed by atoms with Crippen LogP contribution in [0.25, 0.3) is 0 Å². The van der Waals surface area contributed by atoms with E-state index in [0.717, 1.165) is 32.5 Å². The van der Waals surface area contributed by atoms with E-state index in [-0.39, 0.29) is 5.79 Å². The number of aliphatic imine (C=N–C) groups is 1. The van der Waals surface area contributed by atoms with Crippen LogP contribution in [0, 0.1) is 0 Å². The van der Waals surface area contributed by atoms with E-state index in [1.807, 2.05) is 13.0 Å². The molecule has 1 fully saturated rings. The molecule has 2 rings (SSSR count). The van der Waals surface area contributed by atoms with Crippen LogP contribution in [-0.4, -0.2) is 25.7 Å². The van der Waals surface area contributed by atoms with Crippen LogP contribution in [-0.2, 0) is 9.47 Å². The first-order valence-corrected chi connectivity index (χ1v) is 6.06. The lowest BCUT2D eigenvalue weighted by molar-refractivity contribution is -0.161. The zero-order valence-corrected chi connectivity index (χ0v) is 10.3. The number of hydrogen-bond acceptors (Lipinski definition) is 3. The van der Waals surface area contributed by atoms with Crippen LogP contribution in [0.5, 0.6) is 0 Å².